The van der Waals surface area contributed by atoms with Gasteiger partial charge in [-0.2, -0.15) is 5.01 Å². The van der Waals surface area contributed by atoms with Gasteiger partial charge in [0.05, 0.1) is 5.92 Å². The van der Waals surface area contributed by atoms with Crippen molar-refractivity contribution >= 4 is 11.9 Å². The molecule has 0 aromatic heterocycles. The number of carbonyl (C=O) groups excluding carboxylic acids is 2. The van der Waals surface area contributed by atoms with E-state index in [4.69, 9.17) is 5.84 Å². The number of benzene rings is 1. The monoisotopic (exact) mass is 219 g/mol. The van der Waals surface area contributed by atoms with Crippen LogP contribution in [0.5, 0.6) is 0 Å². The molecule has 1 aliphatic heterocycles. The fourth-order valence-electron chi connectivity index (χ4n) is 1.74. The molecule has 3 amide bonds. The molecular formula is C11H13N3O2. The van der Waals surface area contributed by atoms with Gasteiger partial charge in [-0.3, -0.25) is 4.79 Å². The van der Waals surface area contributed by atoms with E-state index in [2.05, 4.69) is 5.32 Å². The number of nitrogens with two attached hydrogens (primary N) is 1. The van der Waals surface area contributed by atoms with Gasteiger partial charge in [0, 0.05) is 6.54 Å². The van der Waals surface area contributed by atoms with Crippen molar-refractivity contribution in [3.8, 4) is 0 Å². The zero-order valence-electron chi connectivity index (χ0n) is 8.72. The summed E-state index contributed by atoms with van der Waals surface area (Å²) in [4.78, 5) is 22.8. The SMILES string of the molecule is NN1C(=O)NCC(Cc2ccccc2)C1=O. The Labute approximate surface area is 93.2 Å². The molecule has 1 aromatic carbocycles. The summed E-state index contributed by atoms with van der Waals surface area (Å²) in [6.45, 7) is 0.347. The van der Waals surface area contributed by atoms with Gasteiger partial charge in [0.1, 0.15) is 0 Å². The van der Waals surface area contributed by atoms with E-state index in [-0.39, 0.29) is 11.8 Å². The summed E-state index contributed by atoms with van der Waals surface area (Å²) in [5, 5.41) is 3.22. The smallest absolute Gasteiger partial charge is 0.336 e. The lowest BCUT2D eigenvalue weighted by Crippen LogP contribution is -2.58. The van der Waals surface area contributed by atoms with Crippen LogP contribution in [0.3, 0.4) is 0 Å². The minimum Gasteiger partial charge on any atom is -0.336 e. The minimum atomic E-state index is -0.533. The highest BCUT2D eigenvalue weighted by molar-refractivity contribution is 5.97. The normalized spacial score (nSPS) is 20.8. The van der Waals surface area contributed by atoms with E-state index in [0.29, 0.717) is 18.0 Å². The summed E-state index contributed by atoms with van der Waals surface area (Å²) < 4.78 is 0. The van der Waals surface area contributed by atoms with Crippen molar-refractivity contribution in [2.75, 3.05) is 6.54 Å². The second kappa shape index (κ2) is 4.32. The van der Waals surface area contributed by atoms with Gasteiger partial charge in [0.2, 0.25) is 5.91 Å². The number of rotatable bonds is 2. The number of hydrazine groups is 1. The zero-order valence-corrected chi connectivity index (χ0v) is 8.72. The first-order valence-electron chi connectivity index (χ1n) is 5.09. The lowest BCUT2D eigenvalue weighted by Gasteiger charge is -2.27. The van der Waals surface area contributed by atoms with Crippen LogP contribution >= 0.6 is 0 Å². The number of carbonyl (C=O) groups is 2. The molecule has 5 heteroatoms. The molecule has 0 spiro atoms. The van der Waals surface area contributed by atoms with Crippen molar-refractivity contribution in [1.29, 1.82) is 0 Å². The Kier molecular flexibility index (Phi) is 2.87. The summed E-state index contributed by atoms with van der Waals surface area (Å²) in [7, 11) is 0. The molecule has 1 aromatic rings. The van der Waals surface area contributed by atoms with E-state index in [1.165, 1.54) is 0 Å². The average molecular weight is 219 g/mol. The van der Waals surface area contributed by atoms with Gasteiger partial charge >= 0.3 is 6.03 Å². The average Bonchev–Trinajstić information content (AvgIpc) is 2.31. The summed E-state index contributed by atoms with van der Waals surface area (Å²) in [6.07, 6.45) is 0.591. The molecule has 0 bridgehead atoms. The first-order valence-corrected chi connectivity index (χ1v) is 5.09. The summed E-state index contributed by atoms with van der Waals surface area (Å²) in [6, 6.07) is 9.12. The standard InChI is InChI=1S/C11H13N3O2/c12-14-10(15)9(7-13-11(14)16)6-8-4-2-1-3-5-8/h1-5,9H,6-7,12H2,(H,13,16). The maximum absolute atomic E-state index is 11.7. The molecule has 0 radical (unpaired) electrons. The molecular weight excluding hydrogens is 206 g/mol. The largest absolute Gasteiger partial charge is 0.338 e. The van der Waals surface area contributed by atoms with Crippen LogP contribution in [-0.4, -0.2) is 23.5 Å². The zero-order chi connectivity index (χ0) is 11.5. The van der Waals surface area contributed by atoms with Gasteiger partial charge < -0.3 is 5.32 Å². The van der Waals surface area contributed by atoms with E-state index >= 15 is 0 Å². The third-order valence-corrected chi connectivity index (χ3v) is 2.63. The number of imide groups is 1. The van der Waals surface area contributed by atoms with Crippen LogP contribution < -0.4 is 11.2 Å². The Morgan fingerprint density at radius 2 is 2.00 bits per heavy atom. The Balaban J connectivity index is 2.06. The second-order valence-electron chi connectivity index (χ2n) is 3.78. The molecule has 1 heterocycles. The third-order valence-electron chi connectivity index (χ3n) is 2.63. The number of hydrogen-bond donors (Lipinski definition) is 2. The van der Waals surface area contributed by atoms with E-state index in [1.807, 2.05) is 30.3 Å². The van der Waals surface area contributed by atoms with Crippen LogP contribution in [0.15, 0.2) is 30.3 Å². The van der Waals surface area contributed by atoms with E-state index in [1.54, 1.807) is 0 Å². The molecule has 84 valence electrons. The number of amides is 3. The number of urea groups is 1. The van der Waals surface area contributed by atoms with Gasteiger partial charge in [-0.15, -0.1) is 0 Å². The van der Waals surface area contributed by atoms with Gasteiger partial charge in [-0.25, -0.2) is 10.6 Å². The quantitative estimate of drug-likeness (QED) is 0.553. The molecule has 1 aliphatic rings. The highest BCUT2D eigenvalue weighted by Gasteiger charge is 2.32. The minimum absolute atomic E-state index is 0.273. The van der Waals surface area contributed by atoms with Crippen molar-refractivity contribution in [2.45, 2.75) is 6.42 Å². The van der Waals surface area contributed by atoms with E-state index in [0.717, 1.165) is 5.56 Å². The summed E-state index contributed by atoms with van der Waals surface area (Å²) >= 11 is 0. The molecule has 3 N–H and O–H groups in total. The van der Waals surface area contributed by atoms with Crippen molar-refractivity contribution in [2.24, 2.45) is 11.8 Å². The highest BCUT2D eigenvalue weighted by atomic mass is 16.2. The third kappa shape index (κ3) is 2.04. The molecule has 0 aliphatic carbocycles. The van der Waals surface area contributed by atoms with E-state index in [9.17, 15) is 9.59 Å². The van der Waals surface area contributed by atoms with Gasteiger partial charge in [0.15, 0.2) is 0 Å². The van der Waals surface area contributed by atoms with Crippen LogP contribution in [0, 0.1) is 5.92 Å². The summed E-state index contributed by atoms with van der Waals surface area (Å²) in [5.41, 5.74) is 1.06. The first-order chi connectivity index (χ1) is 7.68. The Bertz CT molecular complexity index is 405. The van der Waals surface area contributed by atoms with Crippen molar-refractivity contribution in [3.63, 3.8) is 0 Å². The Hall–Kier alpha value is -1.88. The van der Waals surface area contributed by atoms with Gasteiger partial charge in [-0.05, 0) is 12.0 Å². The molecule has 1 atom stereocenters. The molecule has 0 saturated carbocycles. The number of hydrogen-bond acceptors (Lipinski definition) is 3. The molecule has 1 fully saturated rings. The highest BCUT2D eigenvalue weighted by Crippen LogP contribution is 2.13. The predicted octanol–water partition coefficient (Wildman–Crippen LogP) is 0.271. The maximum Gasteiger partial charge on any atom is 0.338 e. The van der Waals surface area contributed by atoms with Gasteiger partial charge in [0.25, 0.3) is 0 Å². The van der Waals surface area contributed by atoms with Crippen LogP contribution in [0.25, 0.3) is 0 Å². The molecule has 1 saturated heterocycles. The molecule has 5 nitrogen and oxygen atoms in total. The molecule has 1 unspecified atom stereocenters. The van der Waals surface area contributed by atoms with Gasteiger partial charge in [-0.1, -0.05) is 30.3 Å². The molecule has 2 rings (SSSR count). The summed E-state index contributed by atoms with van der Waals surface area (Å²) in [5.74, 6) is 4.74. The fraction of sp³-hybridized carbons (Fsp3) is 0.273. The Morgan fingerprint density at radius 1 is 1.31 bits per heavy atom. The lowest BCUT2D eigenvalue weighted by molar-refractivity contribution is -0.133. The van der Waals surface area contributed by atoms with Crippen molar-refractivity contribution < 1.29 is 9.59 Å². The van der Waals surface area contributed by atoms with Crippen LogP contribution in [0.2, 0.25) is 0 Å². The maximum atomic E-state index is 11.7. The lowest BCUT2D eigenvalue weighted by atomic mass is 9.97. The van der Waals surface area contributed by atoms with Crippen LogP contribution in [0.4, 0.5) is 4.79 Å². The van der Waals surface area contributed by atoms with Crippen molar-refractivity contribution in [3.05, 3.63) is 35.9 Å². The predicted molar refractivity (Wildman–Crippen MR) is 58.1 cm³/mol. The van der Waals surface area contributed by atoms with E-state index < -0.39 is 6.03 Å². The van der Waals surface area contributed by atoms with Crippen LogP contribution in [0.1, 0.15) is 5.56 Å². The first kappa shape index (κ1) is 10.6. The topological polar surface area (TPSA) is 75.4 Å². The Morgan fingerprint density at radius 3 is 2.69 bits per heavy atom. The number of nitrogens with zero attached hydrogens (tertiary/aromatic N) is 1. The number of nitrogens with one attached hydrogen (secondary N) is 1. The second-order valence-corrected chi connectivity index (χ2v) is 3.78. The van der Waals surface area contributed by atoms with Crippen LogP contribution in [-0.2, 0) is 11.2 Å². The molecule has 16 heavy (non-hydrogen) atoms. The van der Waals surface area contributed by atoms with Crippen molar-refractivity contribution in [1.82, 2.24) is 10.3 Å². The fourth-order valence-corrected chi connectivity index (χ4v) is 1.74.